The first-order valence-electron chi connectivity index (χ1n) is 5.92. The minimum atomic E-state index is 0.175. The Morgan fingerprint density at radius 3 is 2.56 bits per heavy atom. The molecule has 0 radical (unpaired) electrons. The van der Waals surface area contributed by atoms with E-state index < -0.39 is 0 Å². The van der Waals surface area contributed by atoms with Crippen molar-refractivity contribution in [2.24, 2.45) is 0 Å². The van der Waals surface area contributed by atoms with Gasteiger partial charge in [0.05, 0.1) is 0 Å². The quantitative estimate of drug-likeness (QED) is 0.763. The number of hydrogen-bond donors (Lipinski definition) is 0. The van der Waals surface area contributed by atoms with E-state index in [1.54, 1.807) is 0 Å². The lowest BCUT2D eigenvalue weighted by atomic mass is 9.96. The second-order valence-electron chi connectivity index (χ2n) is 4.48. The first kappa shape index (κ1) is 13.0. The number of rotatable bonds is 3. The third-order valence-electron chi connectivity index (χ3n) is 3.16. The summed E-state index contributed by atoms with van der Waals surface area (Å²) in [6, 6.07) is 13.8. The number of carbonyl (C=O) groups excluding carboxylic acids is 1. The molecular formula is C16H15BrO. The Balaban J connectivity index is 2.25. The van der Waals surface area contributed by atoms with Gasteiger partial charge in [-0.25, -0.2) is 0 Å². The fraction of sp³-hybridized carbons (Fsp3) is 0.188. The molecule has 0 saturated heterocycles. The molecule has 0 spiro atoms. The lowest BCUT2D eigenvalue weighted by Crippen LogP contribution is -2.06. The molecule has 0 amide bonds. The average molecular weight is 303 g/mol. The number of Topliss-reactive ketones (excluding diaryl/α,β-unsaturated/α-hetero) is 1. The topological polar surface area (TPSA) is 17.1 Å². The SMILES string of the molecule is Cc1cccc(C(=O)Cc2cccc(Br)c2)c1C. The lowest BCUT2D eigenvalue weighted by molar-refractivity contribution is 0.0992. The predicted octanol–water partition coefficient (Wildman–Crippen LogP) is 4.49. The molecule has 2 aromatic carbocycles. The van der Waals surface area contributed by atoms with E-state index in [1.165, 1.54) is 0 Å². The van der Waals surface area contributed by atoms with Gasteiger partial charge in [0.15, 0.2) is 5.78 Å². The van der Waals surface area contributed by atoms with E-state index in [4.69, 9.17) is 0 Å². The van der Waals surface area contributed by atoms with Gasteiger partial charge in [-0.1, -0.05) is 46.3 Å². The van der Waals surface area contributed by atoms with Crippen molar-refractivity contribution in [3.05, 3.63) is 69.2 Å². The van der Waals surface area contributed by atoms with Gasteiger partial charge in [-0.15, -0.1) is 0 Å². The van der Waals surface area contributed by atoms with Gasteiger partial charge in [0.1, 0.15) is 0 Å². The number of hydrogen-bond acceptors (Lipinski definition) is 1. The monoisotopic (exact) mass is 302 g/mol. The molecule has 92 valence electrons. The largest absolute Gasteiger partial charge is 0.294 e. The van der Waals surface area contributed by atoms with E-state index in [-0.39, 0.29) is 5.78 Å². The fourth-order valence-corrected chi connectivity index (χ4v) is 2.43. The molecule has 18 heavy (non-hydrogen) atoms. The normalized spacial score (nSPS) is 10.4. The molecule has 1 nitrogen and oxygen atoms in total. The molecule has 0 heterocycles. The van der Waals surface area contributed by atoms with Gasteiger partial charge in [-0.05, 0) is 42.7 Å². The standard InChI is InChI=1S/C16H15BrO/c1-11-5-3-8-15(12(11)2)16(18)10-13-6-4-7-14(17)9-13/h3-9H,10H2,1-2H3. The number of carbonyl (C=O) groups is 1. The van der Waals surface area contributed by atoms with Gasteiger partial charge in [-0.3, -0.25) is 4.79 Å². The third-order valence-corrected chi connectivity index (χ3v) is 3.65. The zero-order valence-corrected chi connectivity index (χ0v) is 12.1. The van der Waals surface area contributed by atoms with Gasteiger partial charge in [0, 0.05) is 16.5 Å². The summed E-state index contributed by atoms with van der Waals surface area (Å²) in [4.78, 5) is 12.3. The van der Waals surface area contributed by atoms with Crippen LogP contribution in [0.15, 0.2) is 46.9 Å². The van der Waals surface area contributed by atoms with Crippen molar-refractivity contribution in [1.82, 2.24) is 0 Å². The Bertz CT molecular complexity index is 587. The summed E-state index contributed by atoms with van der Waals surface area (Å²) in [6.07, 6.45) is 0.448. The molecule has 2 aromatic rings. The van der Waals surface area contributed by atoms with Gasteiger partial charge in [0.2, 0.25) is 0 Å². The van der Waals surface area contributed by atoms with Gasteiger partial charge in [0.25, 0.3) is 0 Å². The molecular weight excluding hydrogens is 288 g/mol. The van der Waals surface area contributed by atoms with Crippen LogP contribution in [0.2, 0.25) is 0 Å². The highest BCUT2D eigenvalue weighted by Crippen LogP contribution is 2.17. The summed E-state index contributed by atoms with van der Waals surface area (Å²) in [5.74, 6) is 0.175. The maximum atomic E-state index is 12.3. The Labute approximate surface area is 116 Å². The van der Waals surface area contributed by atoms with Crippen molar-refractivity contribution in [3.63, 3.8) is 0 Å². The van der Waals surface area contributed by atoms with E-state index in [9.17, 15) is 4.79 Å². The summed E-state index contributed by atoms with van der Waals surface area (Å²) in [5.41, 5.74) is 4.11. The lowest BCUT2D eigenvalue weighted by Gasteiger charge is -2.07. The number of benzene rings is 2. The molecule has 0 aliphatic rings. The molecule has 0 N–H and O–H groups in total. The van der Waals surface area contributed by atoms with Crippen LogP contribution in [0.1, 0.15) is 27.0 Å². The zero-order chi connectivity index (χ0) is 13.1. The minimum absolute atomic E-state index is 0.175. The number of halogens is 1. The highest BCUT2D eigenvalue weighted by Gasteiger charge is 2.10. The predicted molar refractivity (Wildman–Crippen MR) is 78.1 cm³/mol. The molecule has 2 heteroatoms. The molecule has 0 fully saturated rings. The average Bonchev–Trinajstić information content (AvgIpc) is 2.32. The molecule has 2 rings (SSSR count). The van der Waals surface area contributed by atoms with Crippen molar-refractivity contribution in [1.29, 1.82) is 0 Å². The molecule has 0 aliphatic heterocycles. The van der Waals surface area contributed by atoms with Crippen molar-refractivity contribution in [2.75, 3.05) is 0 Å². The zero-order valence-electron chi connectivity index (χ0n) is 10.5. The molecule has 0 saturated carbocycles. The Hall–Kier alpha value is -1.41. The van der Waals surface area contributed by atoms with Gasteiger partial charge < -0.3 is 0 Å². The summed E-state index contributed by atoms with van der Waals surface area (Å²) in [6.45, 7) is 4.04. The highest BCUT2D eigenvalue weighted by atomic mass is 79.9. The maximum Gasteiger partial charge on any atom is 0.167 e. The molecule has 0 unspecified atom stereocenters. The minimum Gasteiger partial charge on any atom is -0.294 e. The van der Waals surface area contributed by atoms with Crippen LogP contribution in [0.25, 0.3) is 0 Å². The van der Waals surface area contributed by atoms with Crippen molar-refractivity contribution >= 4 is 21.7 Å². The van der Waals surface area contributed by atoms with Crippen molar-refractivity contribution < 1.29 is 4.79 Å². The van der Waals surface area contributed by atoms with E-state index in [0.29, 0.717) is 6.42 Å². The van der Waals surface area contributed by atoms with Crippen LogP contribution < -0.4 is 0 Å². The van der Waals surface area contributed by atoms with Crippen molar-refractivity contribution in [3.8, 4) is 0 Å². The first-order valence-corrected chi connectivity index (χ1v) is 6.71. The molecule has 0 bridgehead atoms. The second-order valence-corrected chi connectivity index (χ2v) is 5.39. The number of ketones is 1. The van der Waals surface area contributed by atoms with Gasteiger partial charge >= 0.3 is 0 Å². The van der Waals surface area contributed by atoms with Crippen LogP contribution in [0, 0.1) is 13.8 Å². The third kappa shape index (κ3) is 2.88. The molecule has 0 aliphatic carbocycles. The second kappa shape index (κ2) is 5.49. The fourth-order valence-electron chi connectivity index (χ4n) is 1.98. The van der Waals surface area contributed by atoms with E-state index in [0.717, 1.165) is 26.7 Å². The molecule has 0 aromatic heterocycles. The highest BCUT2D eigenvalue weighted by molar-refractivity contribution is 9.10. The summed E-state index contributed by atoms with van der Waals surface area (Å²) >= 11 is 3.42. The van der Waals surface area contributed by atoms with Crippen molar-refractivity contribution in [2.45, 2.75) is 20.3 Å². The van der Waals surface area contributed by atoms with E-state index >= 15 is 0 Å². The van der Waals surface area contributed by atoms with Gasteiger partial charge in [-0.2, -0.15) is 0 Å². The van der Waals surface area contributed by atoms with Crippen LogP contribution in [-0.2, 0) is 6.42 Å². The van der Waals surface area contributed by atoms with Crippen LogP contribution in [0.5, 0.6) is 0 Å². The summed E-state index contributed by atoms with van der Waals surface area (Å²) < 4.78 is 1.01. The first-order chi connectivity index (χ1) is 8.58. The van der Waals surface area contributed by atoms with Crippen LogP contribution in [0.3, 0.4) is 0 Å². The van der Waals surface area contributed by atoms with Crippen LogP contribution in [0.4, 0.5) is 0 Å². The molecule has 0 atom stereocenters. The Morgan fingerprint density at radius 2 is 1.83 bits per heavy atom. The van der Waals surface area contributed by atoms with E-state index in [1.807, 2.05) is 56.3 Å². The Morgan fingerprint density at radius 1 is 1.11 bits per heavy atom. The summed E-state index contributed by atoms with van der Waals surface area (Å²) in [5, 5.41) is 0. The maximum absolute atomic E-state index is 12.3. The number of aryl methyl sites for hydroxylation is 1. The Kier molecular flexibility index (Phi) is 3.97. The van der Waals surface area contributed by atoms with Crippen LogP contribution >= 0.6 is 15.9 Å². The smallest absolute Gasteiger partial charge is 0.167 e. The van der Waals surface area contributed by atoms with E-state index in [2.05, 4.69) is 15.9 Å². The summed E-state index contributed by atoms with van der Waals surface area (Å²) in [7, 11) is 0. The van der Waals surface area contributed by atoms with Crippen LogP contribution in [-0.4, -0.2) is 5.78 Å².